The van der Waals surface area contributed by atoms with E-state index in [1.165, 1.54) is 0 Å². The van der Waals surface area contributed by atoms with E-state index in [4.69, 9.17) is 4.74 Å². The molecule has 2 rings (SSSR count). The Balaban J connectivity index is 1.88. The highest BCUT2D eigenvalue weighted by Gasteiger charge is 2.33. The Hall–Kier alpha value is -0.770. The quantitative estimate of drug-likeness (QED) is 0.703. The number of likely N-dealkylation sites (tertiary alicyclic amines) is 1. The third-order valence-corrected chi connectivity index (χ3v) is 3.86. The van der Waals surface area contributed by atoms with Crippen LogP contribution in [0, 0.1) is 0 Å². The normalized spacial score (nSPS) is 24.9. The Kier molecular flexibility index (Phi) is 3.61. The molecule has 2 heterocycles. The number of carbonyl (C=O) groups is 1. The van der Waals surface area contributed by atoms with Crippen LogP contribution in [0.25, 0.3) is 0 Å². The van der Waals surface area contributed by atoms with Crippen LogP contribution < -0.4 is 0 Å². The summed E-state index contributed by atoms with van der Waals surface area (Å²) in [6.45, 7) is 10.4. The Bertz CT molecular complexity index is 278. The van der Waals surface area contributed by atoms with Gasteiger partial charge < -0.3 is 9.64 Å². The van der Waals surface area contributed by atoms with Crippen LogP contribution in [0.15, 0.2) is 0 Å². The van der Waals surface area contributed by atoms with E-state index in [0.29, 0.717) is 12.6 Å². The molecule has 4 nitrogen and oxygen atoms in total. The standard InChI is InChI=1S/C13H24N2O2/c1-13(2,3)14-8-5-11(6-9-14)15-7-4-10-17-12(15)16/h11H,4-10H2,1-3H3. The van der Waals surface area contributed by atoms with Crippen LogP contribution in [0.3, 0.4) is 0 Å². The van der Waals surface area contributed by atoms with E-state index in [-0.39, 0.29) is 11.6 Å². The molecule has 0 aromatic rings. The summed E-state index contributed by atoms with van der Waals surface area (Å²) < 4.78 is 5.11. The first-order valence-electron chi connectivity index (χ1n) is 6.67. The number of ether oxygens (including phenoxy) is 1. The molecule has 0 aromatic heterocycles. The smallest absolute Gasteiger partial charge is 0.410 e. The van der Waals surface area contributed by atoms with Gasteiger partial charge in [0.25, 0.3) is 0 Å². The third-order valence-electron chi connectivity index (χ3n) is 3.86. The van der Waals surface area contributed by atoms with E-state index in [1.807, 2.05) is 4.90 Å². The van der Waals surface area contributed by atoms with Crippen LogP contribution in [-0.2, 0) is 4.74 Å². The molecule has 0 atom stereocenters. The summed E-state index contributed by atoms with van der Waals surface area (Å²) in [4.78, 5) is 16.1. The van der Waals surface area contributed by atoms with E-state index >= 15 is 0 Å². The van der Waals surface area contributed by atoms with Crippen LogP contribution in [0.5, 0.6) is 0 Å². The van der Waals surface area contributed by atoms with Gasteiger partial charge in [0.1, 0.15) is 0 Å². The third kappa shape index (κ3) is 2.92. The van der Waals surface area contributed by atoms with Gasteiger partial charge in [-0.25, -0.2) is 4.79 Å². The van der Waals surface area contributed by atoms with Gasteiger partial charge in [-0.2, -0.15) is 0 Å². The zero-order valence-corrected chi connectivity index (χ0v) is 11.2. The first-order valence-corrected chi connectivity index (χ1v) is 6.67. The Morgan fingerprint density at radius 1 is 1.18 bits per heavy atom. The second-order valence-corrected chi connectivity index (χ2v) is 6.05. The van der Waals surface area contributed by atoms with Crippen molar-refractivity contribution in [3.05, 3.63) is 0 Å². The van der Waals surface area contributed by atoms with Crippen LogP contribution in [0.4, 0.5) is 4.79 Å². The lowest BCUT2D eigenvalue weighted by Crippen LogP contribution is -2.53. The summed E-state index contributed by atoms with van der Waals surface area (Å²) in [6.07, 6.45) is 3.02. The molecule has 2 saturated heterocycles. The lowest BCUT2D eigenvalue weighted by Gasteiger charge is -2.44. The number of piperidine rings is 1. The van der Waals surface area contributed by atoms with Crippen molar-refractivity contribution in [2.45, 2.75) is 51.6 Å². The number of amides is 1. The van der Waals surface area contributed by atoms with Crippen molar-refractivity contribution in [1.82, 2.24) is 9.80 Å². The van der Waals surface area contributed by atoms with E-state index in [1.54, 1.807) is 0 Å². The topological polar surface area (TPSA) is 32.8 Å². The van der Waals surface area contributed by atoms with Gasteiger partial charge in [0, 0.05) is 31.2 Å². The molecule has 2 fully saturated rings. The molecule has 4 heteroatoms. The maximum absolute atomic E-state index is 11.7. The first-order chi connectivity index (χ1) is 7.98. The van der Waals surface area contributed by atoms with Crippen molar-refractivity contribution in [3.63, 3.8) is 0 Å². The number of nitrogens with zero attached hydrogens (tertiary/aromatic N) is 2. The van der Waals surface area contributed by atoms with E-state index in [9.17, 15) is 4.79 Å². The highest BCUT2D eigenvalue weighted by Crippen LogP contribution is 2.24. The molecular weight excluding hydrogens is 216 g/mol. The van der Waals surface area contributed by atoms with E-state index in [0.717, 1.165) is 38.9 Å². The zero-order chi connectivity index (χ0) is 12.5. The molecule has 0 unspecified atom stereocenters. The summed E-state index contributed by atoms with van der Waals surface area (Å²) in [7, 11) is 0. The average Bonchev–Trinajstić information content (AvgIpc) is 2.29. The fourth-order valence-corrected chi connectivity index (χ4v) is 2.75. The minimum Gasteiger partial charge on any atom is -0.449 e. The number of rotatable bonds is 1. The number of cyclic esters (lactones) is 1. The number of carbonyl (C=O) groups excluding carboxylic acids is 1. The summed E-state index contributed by atoms with van der Waals surface area (Å²) >= 11 is 0. The van der Waals surface area contributed by atoms with Crippen molar-refractivity contribution in [2.24, 2.45) is 0 Å². The summed E-state index contributed by atoms with van der Waals surface area (Å²) in [5.41, 5.74) is 0.243. The fourth-order valence-electron chi connectivity index (χ4n) is 2.75. The molecule has 0 radical (unpaired) electrons. The molecule has 1 amide bonds. The highest BCUT2D eigenvalue weighted by molar-refractivity contribution is 5.68. The SMILES string of the molecule is CC(C)(C)N1CCC(N2CCCOC2=O)CC1. The number of hydrogen-bond acceptors (Lipinski definition) is 3. The Labute approximate surface area is 104 Å². The van der Waals surface area contributed by atoms with Crippen molar-refractivity contribution < 1.29 is 9.53 Å². The molecule has 98 valence electrons. The predicted octanol–water partition coefficient (Wildman–Crippen LogP) is 2.09. The Morgan fingerprint density at radius 2 is 1.82 bits per heavy atom. The van der Waals surface area contributed by atoms with Gasteiger partial charge in [-0.15, -0.1) is 0 Å². The van der Waals surface area contributed by atoms with Crippen LogP contribution in [-0.4, -0.2) is 53.7 Å². The van der Waals surface area contributed by atoms with Crippen molar-refractivity contribution >= 4 is 6.09 Å². The second-order valence-electron chi connectivity index (χ2n) is 6.05. The largest absolute Gasteiger partial charge is 0.449 e. The molecule has 0 bridgehead atoms. The maximum Gasteiger partial charge on any atom is 0.410 e. The Morgan fingerprint density at radius 3 is 2.35 bits per heavy atom. The molecule has 2 aliphatic rings. The second kappa shape index (κ2) is 4.84. The van der Waals surface area contributed by atoms with E-state index in [2.05, 4.69) is 25.7 Å². The van der Waals surface area contributed by atoms with Gasteiger partial charge in [0.05, 0.1) is 6.61 Å². The summed E-state index contributed by atoms with van der Waals surface area (Å²) in [5.74, 6) is 0. The van der Waals surface area contributed by atoms with Crippen LogP contribution >= 0.6 is 0 Å². The van der Waals surface area contributed by atoms with Gasteiger partial charge >= 0.3 is 6.09 Å². The molecule has 0 spiro atoms. The highest BCUT2D eigenvalue weighted by atomic mass is 16.6. The lowest BCUT2D eigenvalue weighted by molar-refractivity contribution is 0.0232. The van der Waals surface area contributed by atoms with Crippen molar-refractivity contribution in [3.8, 4) is 0 Å². The van der Waals surface area contributed by atoms with Crippen molar-refractivity contribution in [2.75, 3.05) is 26.2 Å². The maximum atomic E-state index is 11.7. The average molecular weight is 240 g/mol. The minimum atomic E-state index is -0.106. The number of hydrogen-bond donors (Lipinski definition) is 0. The van der Waals surface area contributed by atoms with Gasteiger partial charge in [-0.05, 0) is 40.0 Å². The van der Waals surface area contributed by atoms with Gasteiger partial charge in [0.15, 0.2) is 0 Å². The summed E-state index contributed by atoms with van der Waals surface area (Å²) in [5, 5.41) is 0. The zero-order valence-electron chi connectivity index (χ0n) is 11.2. The summed E-state index contributed by atoms with van der Waals surface area (Å²) in [6, 6.07) is 0.390. The minimum absolute atomic E-state index is 0.106. The van der Waals surface area contributed by atoms with E-state index < -0.39 is 0 Å². The molecule has 0 N–H and O–H groups in total. The molecule has 0 aliphatic carbocycles. The molecule has 0 saturated carbocycles. The fraction of sp³-hybridized carbons (Fsp3) is 0.923. The van der Waals surface area contributed by atoms with Gasteiger partial charge in [0.2, 0.25) is 0 Å². The van der Waals surface area contributed by atoms with Crippen LogP contribution in [0.1, 0.15) is 40.0 Å². The molecule has 0 aromatic carbocycles. The lowest BCUT2D eigenvalue weighted by atomic mass is 9.97. The van der Waals surface area contributed by atoms with Crippen molar-refractivity contribution in [1.29, 1.82) is 0 Å². The van der Waals surface area contributed by atoms with Gasteiger partial charge in [-0.3, -0.25) is 4.90 Å². The molecule has 2 aliphatic heterocycles. The predicted molar refractivity (Wildman–Crippen MR) is 67.0 cm³/mol. The molecular formula is C13H24N2O2. The van der Waals surface area contributed by atoms with Crippen LogP contribution in [0.2, 0.25) is 0 Å². The monoisotopic (exact) mass is 240 g/mol. The first kappa shape index (κ1) is 12.7. The molecule has 17 heavy (non-hydrogen) atoms. The van der Waals surface area contributed by atoms with Gasteiger partial charge in [-0.1, -0.05) is 0 Å².